The van der Waals surface area contributed by atoms with Crippen LogP contribution in [0.15, 0.2) is 24.3 Å². The van der Waals surface area contributed by atoms with Crippen molar-refractivity contribution in [2.75, 3.05) is 6.54 Å². The number of nitrogens with two attached hydrogens (primary N) is 1. The molecule has 5 atom stereocenters. The lowest BCUT2D eigenvalue weighted by Gasteiger charge is -2.28. The molecule has 244 valence electrons. The Balaban J connectivity index is 1.20. The van der Waals surface area contributed by atoms with Gasteiger partial charge in [-0.05, 0) is 61.8 Å². The third-order valence-corrected chi connectivity index (χ3v) is 12.0. The van der Waals surface area contributed by atoms with Crippen molar-refractivity contribution in [3.63, 3.8) is 0 Å². The number of nitrogens with one attached hydrogen (secondary N) is 2. The molecule has 5 aliphatic rings. The van der Waals surface area contributed by atoms with Gasteiger partial charge in [0.1, 0.15) is 17.7 Å². The van der Waals surface area contributed by atoms with Gasteiger partial charge in [-0.25, -0.2) is 13.2 Å². The van der Waals surface area contributed by atoms with Gasteiger partial charge < -0.3 is 20.7 Å². The van der Waals surface area contributed by atoms with E-state index in [1.807, 2.05) is 12.2 Å². The van der Waals surface area contributed by atoms with Crippen LogP contribution in [-0.4, -0.2) is 77.6 Å². The summed E-state index contributed by atoms with van der Waals surface area (Å²) in [6.45, 7) is 0.347. The summed E-state index contributed by atoms with van der Waals surface area (Å²) < 4.78 is 33.2. The lowest BCUT2D eigenvalue weighted by molar-refractivity contribution is -0.140. The second-order valence-electron chi connectivity index (χ2n) is 12.7. The number of allylic oxidation sites excluding steroid dienone is 1. The van der Waals surface area contributed by atoms with E-state index in [1.165, 1.54) is 9.80 Å². The molecule has 2 saturated carbocycles. The van der Waals surface area contributed by atoms with Crippen molar-refractivity contribution in [1.82, 2.24) is 19.8 Å². The minimum absolute atomic E-state index is 0.0170. The maximum absolute atomic E-state index is 13.9. The molecule has 1 aromatic carbocycles. The molecule has 1 saturated heterocycles. The number of nitrogens with zero attached hydrogens (tertiary/aromatic N) is 2. The van der Waals surface area contributed by atoms with Crippen LogP contribution in [0.1, 0.15) is 68.9 Å². The smallest absolute Gasteiger partial charge is 0.410 e. The number of carbonyl (C=O) groups is 4. The van der Waals surface area contributed by atoms with Crippen LogP contribution >= 0.6 is 23.2 Å². The van der Waals surface area contributed by atoms with E-state index in [9.17, 15) is 27.6 Å². The van der Waals surface area contributed by atoms with Gasteiger partial charge in [-0.1, -0.05) is 48.2 Å². The van der Waals surface area contributed by atoms with Gasteiger partial charge in [-0.15, -0.1) is 0 Å². The number of sulfonamides is 1. The summed E-state index contributed by atoms with van der Waals surface area (Å²) in [5.41, 5.74) is 6.29. The standard InChI is InChI=1S/C30H37Cl2N5O7S/c31-22-10-11-23(32)21-16-36(15-20(21)22)29(41)44-18-12-25-26(38)34-30(28(40)35-45(42,43)19-8-9-19)13-17(30)6-4-2-1-3-5-7-24(33)27(39)37(25)14-18/h4,6,10-11,17-19,24-25H,1-3,5,7-9,12-16,33H2,(H,34,38)(H,35,40)/b6-4-/t17-,18-,24+,25+,30-/m1/s1. The first-order valence-corrected chi connectivity index (χ1v) is 17.7. The van der Waals surface area contributed by atoms with E-state index in [2.05, 4.69) is 10.0 Å². The van der Waals surface area contributed by atoms with Crippen LogP contribution in [0.3, 0.4) is 0 Å². The van der Waals surface area contributed by atoms with Crippen LogP contribution in [0.2, 0.25) is 10.0 Å². The van der Waals surface area contributed by atoms with E-state index in [-0.39, 0.29) is 32.5 Å². The van der Waals surface area contributed by atoms with E-state index in [0.29, 0.717) is 29.3 Å². The predicted molar refractivity (Wildman–Crippen MR) is 165 cm³/mol. The van der Waals surface area contributed by atoms with Crippen molar-refractivity contribution in [1.29, 1.82) is 0 Å². The molecule has 15 heteroatoms. The Morgan fingerprint density at radius 1 is 1.04 bits per heavy atom. The number of hydrogen-bond donors (Lipinski definition) is 3. The van der Waals surface area contributed by atoms with Crippen LogP contribution in [0, 0.1) is 5.92 Å². The summed E-state index contributed by atoms with van der Waals surface area (Å²) in [6.07, 6.45) is 7.09. The Morgan fingerprint density at radius 3 is 2.40 bits per heavy atom. The van der Waals surface area contributed by atoms with Crippen molar-refractivity contribution in [3.05, 3.63) is 45.5 Å². The molecule has 0 radical (unpaired) electrons. The minimum Gasteiger partial charge on any atom is -0.444 e. The number of fused-ring (bicyclic) bond motifs is 3. The third-order valence-electron chi connectivity index (χ3n) is 9.42. The first-order valence-electron chi connectivity index (χ1n) is 15.4. The lowest BCUT2D eigenvalue weighted by Crippen LogP contribution is -2.57. The molecule has 0 unspecified atom stereocenters. The molecule has 4 N–H and O–H groups in total. The zero-order chi connectivity index (χ0) is 32.1. The van der Waals surface area contributed by atoms with Gasteiger partial charge in [0.15, 0.2) is 0 Å². The Hall–Kier alpha value is -2.87. The van der Waals surface area contributed by atoms with Gasteiger partial charge in [-0.2, -0.15) is 0 Å². The Kier molecular flexibility index (Phi) is 8.83. The number of hydrogen-bond acceptors (Lipinski definition) is 8. The van der Waals surface area contributed by atoms with Crippen LogP contribution in [0.5, 0.6) is 0 Å². The maximum atomic E-state index is 13.9. The molecule has 12 nitrogen and oxygen atoms in total. The number of benzene rings is 1. The molecule has 45 heavy (non-hydrogen) atoms. The molecule has 6 rings (SSSR count). The Morgan fingerprint density at radius 2 is 1.73 bits per heavy atom. The predicted octanol–water partition coefficient (Wildman–Crippen LogP) is 2.75. The van der Waals surface area contributed by atoms with Gasteiger partial charge in [0, 0.05) is 22.4 Å². The van der Waals surface area contributed by atoms with Gasteiger partial charge in [0.25, 0.3) is 5.91 Å². The lowest BCUT2D eigenvalue weighted by atomic mass is 10.1. The second-order valence-corrected chi connectivity index (χ2v) is 15.5. The molecule has 3 heterocycles. The third kappa shape index (κ3) is 6.54. The molecular formula is C30H37Cl2N5O7S. The Labute approximate surface area is 272 Å². The number of halogens is 2. The van der Waals surface area contributed by atoms with E-state index in [4.69, 9.17) is 33.7 Å². The fourth-order valence-electron chi connectivity index (χ4n) is 6.50. The molecule has 1 aromatic rings. The van der Waals surface area contributed by atoms with Crippen molar-refractivity contribution in [2.24, 2.45) is 11.7 Å². The molecule has 2 aliphatic carbocycles. The van der Waals surface area contributed by atoms with Crippen LogP contribution in [0.4, 0.5) is 4.79 Å². The molecular weight excluding hydrogens is 645 g/mol. The van der Waals surface area contributed by atoms with Gasteiger partial charge >= 0.3 is 6.09 Å². The highest BCUT2D eigenvalue weighted by Crippen LogP contribution is 2.46. The van der Waals surface area contributed by atoms with E-state index in [1.54, 1.807) is 12.1 Å². The zero-order valence-electron chi connectivity index (χ0n) is 24.7. The number of carbonyl (C=O) groups excluding carboxylic acids is 4. The summed E-state index contributed by atoms with van der Waals surface area (Å²) in [7, 11) is -3.85. The maximum Gasteiger partial charge on any atom is 0.410 e. The highest BCUT2D eigenvalue weighted by atomic mass is 35.5. The fraction of sp³-hybridized carbons (Fsp3) is 0.600. The number of ether oxygens (including phenoxy) is 1. The zero-order valence-corrected chi connectivity index (χ0v) is 27.0. The first-order chi connectivity index (χ1) is 21.4. The van der Waals surface area contributed by atoms with Crippen LogP contribution < -0.4 is 15.8 Å². The van der Waals surface area contributed by atoms with Gasteiger partial charge in [0.05, 0.1) is 30.9 Å². The number of amides is 4. The normalized spacial score (nSPS) is 31.1. The quantitative estimate of drug-likeness (QED) is 0.408. The number of rotatable bonds is 4. The summed E-state index contributed by atoms with van der Waals surface area (Å²) in [5.74, 6) is -2.27. The highest BCUT2D eigenvalue weighted by molar-refractivity contribution is 7.91. The van der Waals surface area contributed by atoms with Crippen molar-refractivity contribution in [2.45, 2.75) is 99.9 Å². The highest BCUT2D eigenvalue weighted by Gasteiger charge is 2.62. The van der Waals surface area contributed by atoms with Crippen molar-refractivity contribution >= 4 is 57.0 Å². The molecule has 4 amide bonds. The topological polar surface area (TPSA) is 168 Å². The first kappa shape index (κ1) is 32.1. The Bertz CT molecular complexity index is 1520. The van der Waals surface area contributed by atoms with E-state index < -0.39 is 68.7 Å². The van der Waals surface area contributed by atoms with Gasteiger partial charge in [0.2, 0.25) is 21.8 Å². The summed E-state index contributed by atoms with van der Waals surface area (Å²) in [5, 5.41) is 3.16. The van der Waals surface area contributed by atoms with Crippen molar-refractivity contribution in [3.8, 4) is 0 Å². The fourth-order valence-corrected chi connectivity index (χ4v) is 8.34. The average molecular weight is 683 g/mol. The molecule has 0 aromatic heterocycles. The largest absolute Gasteiger partial charge is 0.444 e. The minimum atomic E-state index is -3.85. The molecule has 3 fully saturated rings. The van der Waals surface area contributed by atoms with E-state index in [0.717, 1.165) is 36.8 Å². The van der Waals surface area contributed by atoms with Gasteiger partial charge in [-0.3, -0.25) is 24.0 Å². The molecule has 0 bridgehead atoms. The molecule has 3 aliphatic heterocycles. The van der Waals surface area contributed by atoms with Crippen molar-refractivity contribution < 1.29 is 32.3 Å². The summed E-state index contributed by atoms with van der Waals surface area (Å²) in [4.78, 5) is 56.9. The van der Waals surface area contributed by atoms with E-state index >= 15 is 0 Å². The summed E-state index contributed by atoms with van der Waals surface area (Å²) in [6, 6.07) is 1.40. The average Bonchev–Trinajstić information content (AvgIpc) is 3.87. The monoisotopic (exact) mass is 681 g/mol. The molecule has 0 spiro atoms. The second kappa shape index (κ2) is 12.4. The van der Waals surface area contributed by atoms with Crippen LogP contribution in [-0.2, 0) is 42.2 Å². The van der Waals surface area contributed by atoms with Crippen LogP contribution in [0.25, 0.3) is 0 Å². The summed E-state index contributed by atoms with van der Waals surface area (Å²) >= 11 is 12.6. The SMILES string of the molecule is N[C@H]1CCCCC/C=C\[C@@H]2C[C@@]2(C(=O)NS(=O)(=O)C2CC2)NC(=O)[C@@H]2C[C@@H](OC(=O)N3Cc4c(Cl)ccc(Cl)c4C3)CN2C1=O.